The third-order valence-electron chi connectivity index (χ3n) is 3.40. The molecule has 1 unspecified atom stereocenters. The highest BCUT2D eigenvalue weighted by atomic mass is 16.4. The highest BCUT2D eigenvalue weighted by molar-refractivity contribution is 5.84. The Labute approximate surface area is 116 Å². The topological polar surface area (TPSA) is 103 Å². The van der Waals surface area contributed by atoms with Gasteiger partial charge in [-0.15, -0.1) is 0 Å². The molecule has 0 aromatic carbocycles. The molecule has 0 saturated carbocycles. The van der Waals surface area contributed by atoms with Crippen molar-refractivity contribution in [1.82, 2.24) is 10.2 Å². The van der Waals surface area contributed by atoms with Gasteiger partial charge in [0, 0.05) is 19.7 Å². The van der Waals surface area contributed by atoms with Crippen LogP contribution in [0.15, 0.2) is 16.5 Å². The summed E-state index contributed by atoms with van der Waals surface area (Å²) in [7, 11) is 0. The second kappa shape index (κ2) is 6.42. The summed E-state index contributed by atoms with van der Waals surface area (Å²) in [4.78, 5) is 24.2. The Morgan fingerprint density at radius 3 is 2.90 bits per heavy atom. The molecule has 1 atom stereocenters. The zero-order valence-corrected chi connectivity index (χ0v) is 11.0. The molecule has 1 aliphatic rings. The largest absolute Gasteiger partial charge is 0.475 e. The predicted molar refractivity (Wildman–Crippen MR) is 69.3 cm³/mol. The van der Waals surface area contributed by atoms with Crippen molar-refractivity contribution in [2.24, 2.45) is 5.92 Å². The van der Waals surface area contributed by atoms with Gasteiger partial charge in [-0.2, -0.15) is 0 Å². The third-order valence-corrected chi connectivity index (χ3v) is 3.40. The van der Waals surface area contributed by atoms with E-state index in [9.17, 15) is 9.59 Å². The Morgan fingerprint density at radius 1 is 1.45 bits per heavy atom. The van der Waals surface area contributed by atoms with Crippen molar-refractivity contribution in [3.05, 3.63) is 23.7 Å². The van der Waals surface area contributed by atoms with Gasteiger partial charge in [-0.25, -0.2) is 9.59 Å². The standard InChI is InChI=1S/C13H18N2O5/c16-6-4-9-3-5-15(8-9)13(19)14-7-10-1-2-11(20-10)12(17)18/h1-2,9,16H,3-8H2,(H,14,19)(H,17,18). The number of aliphatic hydroxyl groups excluding tert-OH is 1. The quantitative estimate of drug-likeness (QED) is 0.744. The van der Waals surface area contributed by atoms with E-state index in [1.54, 1.807) is 4.90 Å². The predicted octanol–water partition coefficient (Wildman–Crippen LogP) is 0.892. The summed E-state index contributed by atoms with van der Waals surface area (Å²) in [6.45, 7) is 1.62. The summed E-state index contributed by atoms with van der Waals surface area (Å²) in [5, 5.41) is 20.3. The number of hydrogen-bond acceptors (Lipinski definition) is 4. The van der Waals surface area contributed by atoms with Gasteiger partial charge in [0.25, 0.3) is 0 Å². The number of likely N-dealkylation sites (tertiary alicyclic amines) is 1. The number of aliphatic hydroxyl groups is 1. The minimum absolute atomic E-state index is 0.140. The number of carbonyl (C=O) groups excluding carboxylic acids is 1. The lowest BCUT2D eigenvalue weighted by molar-refractivity contribution is 0.0660. The van der Waals surface area contributed by atoms with Crippen molar-refractivity contribution in [2.45, 2.75) is 19.4 Å². The lowest BCUT2D eigenvalue weighted by atomic mass is 10.1. The molecule has 3 N–H and O–H groups in total. The zero-order valence-electron chi connectivity index (χ0n) is 11.0. The van der Waals surface area contributed by atoms with Crippen LogP contribution in [0.4, 0.5) is 4.79 Å². The number of carbonyl (C=O) groups is 2. The normalized spacial score (nSPS) is 18.2. The number of carboxylic acids is 1. The zero-order chi connectivity index (χ0) is 14.5. The van der Waals surface area contributed by atoms with E-state index in [2.05, 4.69) is 5.32 Å². The number of nitrogens with zero attached hydrogens (tertiary/aromatic N) is 1. The highest BCUT2D eigenvalue weighted by Gasteiger charge is 2.25. The van der Waals surface area contributed by atoms with Crippen molar-refractivity contribution in [2.75, 3.05) is 19.7 Å². The Balaban J connectivity index is 1.79. The maximum absolute atomic E-state index is 11.9. The van der Waals surface area contributed by atoms with Crippen LogP contribution in [-0.2, 0) is 6.54 Å². The number of rotatable bonds is 5. The van der Waals surface area contributed by atoms with Gasteiger partial charge in [0.2, 0.25) is 5.76 Å². The number of hydrogen-bond donors (Lipinski definition) is 3. The van der Waals surface area contributed by atoms with Crippen LogP contribution in [0.5, 0.6) is 0 Å². The average molecular weight is 282 g/mol. The van der Waals surface area contributed by atoms with E-state index in [-0.39, 0.29) is 24.9 Å². The van der Waals surface area contributed by atoms with Gasteiger partial charge in [0.1, 0.15) is 5.76 Å². The van der Waals surface area contributed by atoms with E-state index in [1.807, 2.05) is 0 Å². The summed E-state index contributed by atoms with van der Waals surface area (Å²) in [5.74, 6) is -0.512. The minimum atomic E-state index is -1.13. The molecule has 0 radical (unpaired) electrons. The van der Waals surface area contributed by atoms with Crippen LogP contribution in [0, 0.1) is 5.92 Å². The third kappa shape index (κ3) is 3.51. The molecule has 1 fully saturated rings. The molecular weight excluding hydrogens is 264 g/mol. The van der Waals surface area contributed by atoms with Crippen LogP contribution in [-0.4, -0.2) is 46.8 Å². The molecule has 0 bridgehead atoms. The number of aromatic carboxylic acids is 1. The molecule has 0 spiro atoms. The Kier molecular flexibility index (Phi) is 4.62. The molecule has 0 aliphatic carbocycles. The van der Waals surface area contributed by atoms with Gasteiger partial charge in [0.05, 0.1) is 6.54 Å². The maximum atomic E-state index is 11.9. The molecule has 2 rings (SSSR count). The molecule has 7 nitrogen and oxygen atoms in total. The highest BCUT2D eigenvalue weighted by Crippen LogP contribution is 2.19. The van der Waals surface area contributed by atoms with Crippen LogP contribution in [0.3, 0.4) is 0 Å². The van der Waals surface area contributed by atoms with Crippen LogP contribution in [0.2, 0.25) is 0 Å². The molecule has 110 valence electrons. The van der Waals surface area contributed by atoms with E-state index in [4.69, 9.17) is 14.6 Å². The number of urea groups is 1. The monoisotopic (exact) mass is 282 g/mol. The van der Waals surface area contributed by atoms with Crippen molar-refractivity contribution in [3.8, 4) is 0 Å². The smallest absolute Gasteiger partial charge is 0.371 e. The van der Waals surface area contributed by atoms with Crippen molar-refractivity contribution in [3.63, 3.8) is 0 Å². The first kappa shape index (κ1) is 14.4. The van der Waals surface area contributed by atoms with E-state index in [1.165, 1.54) is 12.1 Å². The summed E-state index contributed by atoms with van der Waals surface area (Å²) in [5.41, 5.74) is 0. The fourth-order valence-electron chi connectivity index (χ4n) is 2.30. The second-order valence-electron chi connectivity index (χ2n) is 4.84. The molecular formula is C13H18N2O5. The number of furan rings is 1. The van der Waals surface area contributed by atoms with Crippen LogP contribution in [0.25, 0.3) is 0 Å². The number of carboxylic acid groups (broad SMARTS) is 1. The Bertz CT molecular complexity index is 485. The van der Waals surface area contributed by atoms with Crippen LogP contribution < -0.4 is 5.32 Å². The summed E-state index contributed by atoms with van der Waals surface area (Å²) in [6.07, 6.45) is 1.61. The molecule has 20 heavy (non-hydrogen) atoms. The van der Waals surface area contributed by atoms with Gasteiger partial charge in [-0.05, 0) is 30.9 Å². The van der Waals surface area contributed by atoms with Crippen LogP contribution in [0.1, 0.15) is 29.2 Å². The lowest BCUT2D eigenvalue weighted by Crippen LogP contribution is -2.38. The van der Waals surface area contributed by atoms with Gasteiger partial charge in [0.15, 0.2) is 0 Å². The molecule has 2 amide bonds. The number of nitrogens with one attached hydrogen (secondary N) is 1. The second-order valence-corrected chi connectivity index (χ2v) is 4.84. The van der Waals surface area contributed by atoms with Gasteiger partial charge in [-0.1, -0.05) is 0 Å². The summed E-state index contributed by atoms with van der Waals surface area (Å²) < 4.78 is 5.05. The first-order valence-corrected chi connectivity index (χ1v) is 6.55. The van der Waals surface area contributed by atoms with E-state index in [0.717, 1.165) is 6.42 Å². The summed E-state index contributed by atoms with van der Waals surface area (Å²) >= 11 is 0. The molecule has 1 aromatic heterocycles. The Morgan fingerprint density at radius 2 is 2.25 bits per heavy atom. The first-order valence-electron chi connectivity index (χ1n) is 6.55. The van der Waals surface area contributed by atoms with E-state index in [0.29, 0.717) is 31.2 Å². The summed E-state index contributed by atoms with van der Waals surface area (Å²) in [6, 6.07) is 2.69. The fraction of sp³-hybridized carbons (Fsp3) is 0.538. The molecule has 1 saturated heterocycles. The maximum Gasteiger partial charge on any atom is 0.371 e. The van der Waals surface area contributed by atoms with Crippen LogP contribution >= 0.6 is 0 Å². The van der Waals surface area contributed by atoms with E-state index < -0.39 is 5.97 Å². The van der Waals surface area contributed by atoms with Gasteiger partial charge >= 0.3 is 12.0 Å². The van der Waals surface area contributed by atoms with Crippen molar-refractivity contribution >= 4 is 12.0 Å². The van der Waals surface area contributed by atoms with Gasteiger partial charge < -0.3 is 24.8 Å². The number of amides is 2. The molecule has 1 aromatic rings. The fourth-order valence-corrected chi connectivity index (χ4v) is 2.30. The SMILES string of the molecule is O=C(O)c1ccc(CNC(=O)N2CCC(CCO)C2)o1. The van der Waals surface area contributed by atoms with Crippen molar-refractivity contribution < 1.29 is 24.2 Å². The van der Waals surface area contributed by atoms with Crippen molar-refractivity contribution in [1.29, 1.82) is 0 Å². The average Bonchev–Trinajstić information content (AvgIpc) is 3.05. The lowest BCUT2D eigenvalue weighted by Gasteiger charge is -2.16. The molecule has 2 heterocycles. The van der Waals surface area contributed by atoms with E-state index >= 15 is 0 Å². The Hall–Kier alpha value is -2.02. The minimum Gasteiger partial charge on any atom is -0.475 e. The first-order chi connectivity index (χ1) is 9.60. The molecule has 7 heteroatoms. The van der Waals surface area contributed by atoms with Gasteiger partial charge in [-0.3, -0.25) is 0 Å². The molecule has 1 aliphatic heterocycles.